The van der Waals surface area contributed by atoms with Gasteiger partial charge in [0, 0.05) is 100 Å². The minimum atomic E-state index is -0.512. The monoisotopic (exact) mass is 810 g/mol. The number of rotatable bonds is 8. The smallest absolute Gasteiger partial charge is 0.415 e. The van der Waals surface area contributed by atoms with Crippen molar-refractivity contribution in [3.63, 3.8) is 0 Å². The number of aromatic nitrogens is 1. The molecule has 4 aromatic carbocycles. The first-order valence-electron chi connectivity index (χ1n) is 20.4. The van der Waals surface area contributed by atoms with E-state index in [1.165, 1.54) is 12.5 Å². The molecule has 2 N–H and O–H groups in total. The molecule has 13 nitrogen and oxygen atoms in total. The zero-order valence-electron chi connectivity index (χ0n) is 34.4. The second-order valence-corrected chi connectivity index (χ2v) is 15.9. The molecule has 310 valence electrons. The van der Waals surface area contributed by atoms with Gasteiger partial charge >= 0.3 is 6.09 Å². The molecular weight excluding hydrogens is 761 g/mol. The third kappa shape index (κ3) is 8.36. The number of fused-ring (bicyclic) bond motifs is 2. The molecule has 3 aliphatic heterocycles. The number of anilines is 2. The van der Waals surface area contributed by atoms with E-state index in [1.807, 2.05) is 41.6 Å². The van der Waals surface area contributed by atoms with E-state index in [1.54, 1.807) is 65.4 Å². The predicted octanol–water partition coefficient (Wildman–Crippen LogP) is 6.40. The van der Waals surface area contributed by atoms with E-state index >= 15 is 4.79 Å². The number of ether oxygens (including phenoxy) is 2. The zero-order valence-corrected chi connectivity index (χ0v) is 34.4. The van der Waals surface area contributed by atoms with Crippen LogP contribution < -0.4 is 15.0 Å². The highest BCUT2D eigenvalue weighted by Crippen LogP contribution is 2.36. The molecule has 4 amide bonds. The summed E-state index contributed by atoms with van der Waals surface area (Å²) in [6, 6.07) is 27.2. The molecule has 3 aliphatic rings. The topological polar surface area (TPSA) is 137 Å². The van der Waals surface area contributed by atoms with Gasteiger partial charge in [-0.3, -0.25) is 19.3 Å². The molecule has 4 heterocycles. The van der Waals surface area contributed by atoms with Gasteiger partial charge in [-0.25, -0.2) is 4.79 Å². The van der Waals surface area contributed by atoms with Crippen LogP contribution in [0.4, 0.5) is 16.2 Å². The second-order valence-electron chi connectivity index (χ2n) is 15.9. The second kappa shape index (κ2) is 17.0. The zero-order chi connectivity index (χ0) is 42.1. The van der Waals surface area contributed by atoms with Crippen molar-refractivity contribution < 1.29 is 33.8 Å². The van der Waals surface area contributed by atoms with E-state index in [-0.39, 0.29) is 36.1 Å². The lowest BCUT2D eigenvalue weighted by Gasteiger charge is -2.41. The molecule has 1 aromatic heterocycles. The maximum atomic E-state index is 15.4. The maximum Gasteiger partial charge on any atom is 0.415 e. The number of nitrogens with one attached hydrogen (secondary N) is 1. The number of nitrogens with zero attached hydrogens (tertiary/aromatic N) is 5. The van der Waals surface area contributed by atoms with Gasteiger partial charge < -0.3 is 39.2 Å². The Morgan fingerprint density at radius 3 is 2.28 bits per heavy atom. The first-order valence-corrected chi connectivity index (χ1v) is 20.4. The Kier molecular flexibility index (Phi) is 11.5. The van der Waals surface area contributed by atoms with Gasteiger partial charge in [-0.1, -0.05) is 24.3 Å². The Labute approximate surface area is 349 Å². The number of hydrogen-bond acceptors (Lipinski definition) is 8. The molecule has 60 heavy (non-hydrogen) atoms. The van der Waals surface area contributed by atoms with E-state index in [9.17, 15) is 19.5 Å². The largest absolute Gasteiger partial charge is 0.508 e. The van der Waals surface area contributed by atoms with Crippen LogP contribution in [0, 0.1) is 6.92 Å². The molecule has 0 spiro atoms. The van der Waals surface area contributed by atoms with Gasteiger partial charge in [-0.2, -0.15) is 0 Å². The first kappa shape index (κ1) is 40.3. The highest BCUT2D eigenvalue weighted by Gasteiger charge is 2.35. The minimum Gasteiger partial charge on any atom is -0.508 e. The molecule has 0 unspecified atom stereocenters. The third-order valence-electron chi connectivity index (χ3n) is 12.0. The number of morpholine rings is 1. The number of amides is 4. The molecule has 0 aliphatic carbocycles. The van der Waals surface area contributed by atoms with Crippen LogP contribution in [0.5, 0.6) is 11.5 Å². The van der Waals surface area contributed by atoms with Crippen molar-refractivity contribution in [3.05, 3.63) is 130 Å². The summed E-state index contributed by atoms with van der Waals surface area (Å²) in [5, 5.41) is 12.6. The van der Waals surface area contributed by atoms with E-state index in [0.717, 1.165) is 53.2 Å². The van der Waals surface area contributed by atoms with E-state index in [2.05, 4.69) is 34.5 Å². The third-order valence-corrected chi connectivity index (χ3v) is 12.0. The maximum absolute atomic E-state index is 15.4. The highest BCUT2D eigenvalue weighted by molar-refractivity contribution is 6.08. The molecule has 0 saturated carbocycles. The fourth-order valence-electron chi connectivity index (χ4n) is 8.50. The van der Waals surface area contributed by atoms with Gasteiger partial charge in [-0.05, 0) is 109 Å². The molecule has 1 fully saturated rings. The molecule has 8 rings (SSSR count). The van der Waals surface area contributed by atoms with Crippen LogP contribution >= 0.6 is 0 Å². The van der Waals surface area contributed by atoms with Crippen molar-refractivity contribution in [2.45, 2.75) is 45.8 Å². The molecular formula is C47H50N6O7. The lowest BCUT2D eigenvalue weighted by molar-refractivity contribution is -0.114. The number of hydrogen-bond donors (Lipinski definition) is 2. The Bertz CT molecular complexity index is 2440. The molecule has 0 bridgehead atoms. The van der Waals surface area contributed by atoms with Crippen molar-refractivity contribution in [2.24, 2.45) is 7.05 Å². The fraction of sp³-hybridized carbons (Fsp3) is 0.319. The van der Waals surface area contributed by atoms with Gasteiger partial charge in [0.2, 0.25) is 5.91 Å². The van der Waals surface area contributed by atoms with Crippen LogP contribution in [0.15, 0.2) is 91.0 Å². The van der Waals surface area contributed by atoms with Gasteiger partial charge in [0.25, 0.3) is 11.8 Å². The van der Waals surface area contributed by atoms with Crippen LogP contribution in [-0.2, 0) is 42.5 Å². The number of aromatic hydroxyl groups is 1. The van der Waals surface area contributed by atoms with Crippen LogP contribution in [0.1, 0.15) is 55.6 Å². The van der Waals surface area contributed by atoms with Gasteiger partial charge in [-0.15, -0.1) is 0 Å². The number of benzene rings is 4. The van der Waals surface area contributed by atoms with Crippen molar-refractivity contribution >= 4 is 35.2 Å². The summed E-state index contributed by atoms with van der Waals surface area (Å²) in [7, 11) is 3.61. The van der Waals surface area contributed by atoms with Gasteiger partial charge in [0.05, 0.1) is 18.8 Å². The summed E-state index contributed by atoms with van der Waals surface area (Å²) >= 11 is 0. The normalized spacial score (nSPS) is 16.4. The van der Waals surface area contributed by atoms with E-state index in [0.29, 0.717) is 67.5 Å². The van der Waals surface area contributed by atoms with Crippen LogP contribution in [-0.4, -0.2) is 101 Å². The number of carbonyl (C=O) groups excluding carboxylic acids is 4. The quantitative estimate of drug-likeness (QED) is 0.184. The average molecular weight is 811 g/mol. The van der Waals surface area contributed by atoms with Crippen molar-refractivity contribution in [1.82, 2.24) is 19.3 Å². The first-order chi connectivity index (χ1) is 28.9. The number of carbonyl (C=O) groups is 4. The van der Waals surface area contributed by atoms with E-state index < -0.39 is 6.09 Å². The number of phenolic OH excluding ortho intramolecular Hbond substituents is 1. The Hall–Kier alpha value is -6.44. The van der Waals surface area contributed by atoms with Crippen LogP contribution in [0.25, 0.3) is 11.3 Å². The summed E-state index contributed by atoms with van der Waals surface area (Å²) in [6.45, 7) is 8.05. The highest BCUT2D eigenvalue weighted by atomic mass is 16.6. The molecule has 5 aromatic rings. The Morgan fingerprint density at radius 2 is 1.57 bits per heavy atom. The summed E-state index contributed by atoms with van der Waals surface area (Å²) < 4.78 is 13.4. The number of phenols is 1. The summed E-state index contributed by atoms with van der Waals surface area (Å²) in [5.41, 5.74) is 8.62. The predicted molar refractivity (Wildman–Crippen MR) is 228 cm³/mol. The van der Waals surface area contributed by atoms with Crippen molar-refractivity contribution in [3.8, 4) is 22.8 Å². The van der Waals surface area contributed by atoms with Crippen LogP contribution in [0.2, 0.25) is 0 Å². The lowest BCUT2D eigenvalue weighted by Crippen LogP contribution is -2.52. The molecule has 0 radical (unpaired) electrons. The van der Waals surface area contributed by atoms with Crippen LogP contribution in [0.3, 0.4) is 0 Å². The fourth-order valence-corrected chi connectivity index (χ4v) is 8.50. The van der Waals surface area contributed by atoms with Gasteiger partial charge in [0.1, 0.15) is 11.5 Å². The molecule has 1 saturated heterocycles. The summed E-state index contributed by atoms with van der Waals surface area (Å²) in [5.74, 6) is -0.0695. The molecule has 13 heteroatoms. The summed E-state index contributed by atoms with van der Waals surface area (Å²) in [6.07, 6.45) is 0.737. The Morgan fingerprint density at radius 1 is 0.850 bits per heavy atom. The van der Waals surface area contributed by atoms with Gasteiger partial charge in [0.15, 0.2) is 0 Å². The minimum absolute atomic E-state index is 0.0934. The Balaban J connectivity index is 1.16. The average Bonchev–Trinajstić information content (AvgIpc) is 3.55. The molecule has 1 atom stereocenters. The SMILES string of the molecule is CC(=O)Nc1ccc(OC(=O)N2CCc3cc(-c4cc(C(=O)N(C)c5ccc(O)cc5)c(C)n4C)c(C(=O)N4Cc5ccccc5C[C@H]4CN4CCOCC4)cc3C2)cc1. The van der Waals surface area contributed by atoms with E-state index in [4.69, 9.17) is 9.47 Å². The van der Waals surface area contributed by atoms with Crippen molar-refractivity contribution in [1.29, 1.82) is 0 Å². The summed E-state index contributed by atoms with van der Waals surface area (Å²) in [4.78, 5) is 62.1. The van der Waals surface area contributed by atoms with Crippen molar-refractivity contribution in [2.75, 3.05) is 56.7 Å². The standard InChI is InChI=1S/C47H50N6O7/c1-30-41(45(56)50(4)37-11-13-39(55)14-12-37)26-44(49(30)3)42-24-33-17-18-52(47(58)60-40-15-9-36(10-16-40)48-31(2)54)27-35(33)25-43(42)46(57)53-28-34-8-6-5-7-32(34)23-38(53)29-51-19-21-59-22-20-51/h5-16,24-26,38,55H,17-23,27-29H2,1-4H3,(H,48,54)/t38-/m0/s1. The lowest BCUT2D eigenvalue weighted by atomic mass is 9.89.